The van der Waals surface area contributed by atoms with Gasteiger partial charge in [0.15, 0.2) is 0 Å². The first kappa shape index (κ1) is 11.0. The van der Waals surface area contributed by atoms with Crippen molar-refractivity contribution >= 4 is 0 Å². The van der Waals surface area contributed by atoms with E-state index in [0.29, 0.717) is 0 Å². The van der Waals surface area contributed by atoms with Gasteiger partial charge in [-0.15, -0.1) is 0 Å². The summed E-state index contributed by atoms with van der Waals surface area (Å²) >= 11 is 0. The lowest BCUT2D eigenvalue weighted by atomic mass is 9.85. The van der Waals surface area contributed by atoms with Gasteiger partial charge in [-0.1, -0.05) is 6.92 Å². The van der Waals surface area contributed by atoms with Crippen LogP contribution in [0.5, 0.6) is 0 Å². The summed E-state index contributed by atoms with van der Waals surface area (Å²) < 4.78 is 5.43. The van der Waals surface area contributed by atoms with Gasteiger partial charge in [-0.05, 0) is 25.8 Å². The van der Waals surface area contributed by atoms with E-state index < -0.39 is 0 Å². The van der Waals surface area contributed by atoms with Gasteiger partial charge in [-0.2, -0.15) is 0 Å². The van der Waals surface area contributed by atoms with Gasteiger partial charge in [0.2, 0.25) is 0 Å². The molecular weight excluding hydrogens is 166 g/mol. The van der Waals surface area contributed by atoms with E-state index >= 15 is 0 Å². The van der Waals surface area contributed by atoms with Crippen molar-refractivity contribution in [1.29, 1.82) is 0 Å². The van der Waals surface area contributed by atoms with Crippen LogP contribution < -0.4 is 5.32 Å². The molecule has 1 unspecified atom stereocenters. The second-order valence-corrected chi connectivity index (χ2v) is 3.95. The van der Waals surface area contributed by atoms with Gasteiger partial charge < -0.3 is 15.2 Å². The molecule has 2 N–H and O–H groups in total. The van der Waals surface area contributed by atoms with Gasteiger partial charge >= 0.3 is 0 Å². The predicted molar refractivity (Wildman–Crippen MR) is 52.7 cm³/mol. The van der Waals surface area contributed by atoms with Crippen LogP contribution in [0.2, 0.25) is 0 Å². The van der Waals surface area contributed by atoms with Crippen LogP contribution in [0.25, 0.3) is 0 Å². The number of hydrogen-bond donors (Lipinski definition) is 2. The molecule has 1 aliphatic heterocycles. The lowest BCUT2D eigenvalue weighted by Gasteiger charge is -2.25. The average Bonchev–Trinajstić information content (AvgIpc) is 2.62. The van der Waals surface area contributed by atoms with Gasteiger partial charge in [-0.25, -0.2) is 0 Å². The van der Waals surface area contributed by atoms with Crippen LogP contribution in [-0.2, 0) is 4.74 Å². The third-order valence-electron chi connectivity index (χ3n) is 2.79. The minimum Gasteiger partial charge on any atom is -0.396 e. The van der Waals surface area contributed by atoms with Crippen LogP contribution in [-0.4, -0.2) is 38.0 Å². The third-order valence-corrected chi connectivity index (χ3v) is 2.79. The summed E-state index contributed by atoms with van der Waals surface area (Å²) in [6.45, 7) is 6.01. The number of ether oxygens (including phenoxy) is 1. The molecule has 1 aliphatic rings. The third kappa shape index (κ3) is 3.25. The molecule has 1 fully saturated rings. The maximum Gasteiger partial charge on any atom is 0.0500 e. The first-order chi connectivity index (χ1) is 6.33. The lowest BCUT2D eigenvalue weighted by molar-refractivity contribution is 0.0675. The highest BCUT2D eigenvalue weighted by atomic mass is 16.5. The molecule has 1 rings (SSSR count). The summed E-state index contributed by atoms with van der Waals surface area (Å²) in [5, 5.41) is 12.6. The van der Waals surface area contributed by atoms with Crippen molar-refractivity contribution in [3.8, 4) is 0 Å². The minimum atomic E-state index is 0.105. The summed E-state index contributed by atoms with van der Waals surface area (Å²) in [4.78, 5) is 0. The first-order valence-corrected chi connectivity index (χ1v) is 5.22. The molecule has 13 heavy (non-hydrogen) atoms. The fourth-order valence-electron chi connectivity index (χ4n) is 1.76. The van der Waals surface area contributed by atoms with E-state index in [4.69, 9.17) is 4.74 Å². The molecule has 1 saturated heterocycles. The Balaban J connectivity index is 2.16. The van der Waals surface area contributed by atoms with Gasteiger partial charge in [-0.3, -0.25) is 0 Å². The molecule has 0 aromatic heterocycles. The largest absolute Gasteiger partial charge is 0.396 e. The van der Waals surface area contributed by atoms with Crippen molar-refractivity contribution in [2.24, 2.45) is 5.41 Å². The Kier molecular flexibility index (Phi) is 4.70. The van der Waals surface area contributed by atoms with E-state index in [1.807, 2.05) is 0 Å². The second-order valence-electron chi connectivity index (χ2n) is 3.95. The Morgan fingerprint density at radius 2 is 2.31 bits per heavy atom. The van der Waals surface area contributed by atoms with E-state index in [1.54, 1.807) is 0 Å². The molecule has 1 heterocycles. The molecule has 0 radical (unpaired) electrons. The topological polar surface area (TPSA) is 41.5 Å². The molecule has 0 aromatic carbocycles. The zero-order chi connectivity index (χ0) is 9.57. The smallest absolute Gasteiger partial charge is 0.0500 e. The summed E-state index contributed by atoms with van der Waals surface area (Å²) in [5.41, 5.74) is 0.105. The van der Waals surface area contributed by atoms with Crippen molar-refractivity contribution < 1.29 is 9.84 Å². The van der Waals surface area contributed by atoms with Gasteiger partial charge in [0.1, 0.15) is 0 Å². The Labute approximate surface area is 80.5 Å². The lowest BCUT2D eigenvalue weighted by Crippen LogP contribution is -2.29. The zero-order valence-corrected chi connectivity index (χ0v) is 8.51. The number of nitrogens with one attached hydrogen (secondary N) is 1. The highest BCUT2D eigenvalue weighted by molar-refractivity contribution is 4.86. The SMILES string of the molecule is CCCOCCC1(CO)CCNC1. The molecular formula is C10H21NO2. The van der Waals surface area contributed by atoms with Gasteiger partial charge in [0.25, 0.3) is 0 Å². The molecule has 0 amide bonds. The van der Waals surface area contributed by atoms with Crippen LogP contribution in [0.4, 0.5) is 0 Å². The quantitative estimate of drug-likeness (QED) is 0.604. The maximum atomic E-state index is 9.28. The Bertz CT molecular complexity index is 133. The molecule has 0 saturated carbocycles. The van der Waals surface area contributed by atoms with Crippen LogP contribution in [0.15, 0.2) is 0 Å². The molecule has 0 bridgehead atoms. The van der Waals surface area contributed by atoms with Crippen LogP contribution in [0, 0.1) is 5.41 Å². The Hall–Kier alpha value is -0.120. The van der Waals surface area contributed by atoms with Crippen molar-refractivity contribution in [3.63, 3.8) is 0 Å². The van der Waals surface area contributed by atoms with E-state index in [0.717, 1.165) is 45.6 Å². The number of aliphatic hydroxyl groups is 1. The fourth-order valence-corrected chi connectivity index (χ4v) is 1.76. The molecule has 3 heteroatoms. The first-order valence-electron chi connectivity index (χ1n) is 5.22. The normalized spacial score (nSPS) is 28.2. The monoisotopic (exact) mass is 187 g/mol. The van der Waals surface area contributed by atoms with E-state index in [2.05, 4.69) is 12.2 Å². The number of rotatable bonds is 6. The zero-order valence-electron chi connectivity index (χ0n) is 8.51. The van der Waals surface area contributed by atoms with Crippen molar-refractivity contribution in [2.75, 3.05) is 32.9 Å². The van der Waals surface area contributed by atoms with Crippen molar-refractivity contribution in [2.45, 2.75) is 26.2 Å². The van der Waals surface area contributed by atoms with Crippen molar-refractivity contribution in [3.05, 3.63) is 0 Å². The number of hydrogen-bond acceptors (Lipinski definition) is 3. The highest BCUT2D eigenvalue weighted by Gasteiger charge is 2.32. The molecule has 1 atom stereocenters. The predicted octanol–water partition coefficient (Wildman–Crippen LogP) is 0.775. The Morgan fingerprint density at radius 3 is 2.85 bits per heavy atom. The summed E-state index contributed by atoms with van der Waals surface area (Å²) in [6, 6.07) is 0. The molecule has 0 aromatic rings. The molecule has 3 nitrogen and oxygen atoms in total. The highest BCUT2D eigenvalue weighted by Crippen LogP contribution is 2.28. The summed E-state index contributed by atoms with van der Waals surface area (Å²) in [7, 11) is 0. The van der Waals surface area contributed by atoms with Gasteiger partial charge in [0.05, 0.1) is 6.61 Å². The average molecular weight is 187 g/mol. The van der Waals surface area contributed by atoms with Crippen LogP contribution in [0.1, 0.15) is 26.2 Å². The van der Waals surface area contributed by atoms with Crippen LogP contribution in [0.3, 0.4) is 0 Å². The summed E-state index contributed by atoms with van der Waals surface area (Å²) in [6.07, 6.45) is 3.14. The molecule has 0 aliphatic carbocycles. The van der Waals surface area contributed by atoms with Gasteiger partial charge in [0, 0.05) is 25.2 Å². The molecule has 78 valence electrons. The fraction of sp³-hybridized carbons (Fsp3) is 1.00. The number of aliphatic hydroxyl groups excluding tert-OH is 1. The summed E-state index contributed by atoms with van der Waals surface area (Å²) in [5.74, 6) is 0. The maximum absolute atomic E-state index is 9.28. The van der Waals surface area contributed by atoms with E-state index in [1.165, 1.54) is 0 Å². The second kappa shape index (κ2) is 5.58. The minimum absolute atomic E-state index is 0.105. The standard InChI is InChI=1S/C10H21NO2/c1-2-6-13-7-4-10(9-12)3-5-11-8-10/h11-12H,2-9H2,1H3. The van der Waals surface area contributed by atoms with Crippen LogP contribution >= 0.6 is 0 Å². The Morgan fingerprint density at radius 1 is 1.46 bits per heavy atom. The van der Waals surface area contributed by atoms with E-state index in [-0.39, 0.29) is 12.0 Å². The molecule has 0 spiro atoms. The van der Waals surface area contributed by atoms with E-state index in [9.17, 15) is 5.11 Å². The van der Waals surface area contributed by atoms with Crippen molar-refractivity contribution in [1.82, 2.24) is 5.32 Å².